The second-order valence-corrected chi connectivity index (χ2v) is 6.05. The number of carbonyl (C=O) groups is 1. The molecule has 0 radical (unpaired) electrons. The van der Waals surface area contributed by atoms with Crippen molar-refractivity contribution < 1.29 is 19.6 Å². The van der Waals surface area contributed by atoms with Gasteiger partial charge in [0.1, 0.15) is 28.8 Å². The molecule has 1 aliphatic carbocycles. The number of amidine groups is 1. The zero-order valence-corrected chi connectivity index (χ0v) is 14.4. The summed E-state index contributed by atoms with van der Waals surface area (Å²) in [5.74, 6) is -1.16. The maximum atomic E-state index is 12.4. The first-order valence-electron chi connectivity index (χ1n) is 7.75. The third-order valence-corrected chi connectivity index (χ3v) is 4.65. The Morgan fingerprint density at radius 1 is 1.37 bits per heavy atom. The lowest BCUT2D eigenvalue weighted by molar-refractivity contribution is -0.384. The normalized spacial score (nSPS) is 21.2. The molecule has 0 aromatic heterocycles. The number of benzene rings is 1. The average Bonchev–Trinajstić information content (AvgIpc) is 2.86. The van der Waals surface area contributed by atoms with Gasteiger partial charge in [-0.15, -0.1) is 0 Å². The summed E-state index contributed by atoms with van der Waals surface area (Å²) in [5.41, 5.74) is -0.759. The van der Waals surface area contributed by atoms with Crippen molar-refractivity contribution in [3.05, 3.63) is 69.0 Å². The van der Waals surface area contributed by atoms with Crippen LogP contribution in [0.2, 0.25) is 0 Å². The lowest BCUT2D eigenvalue weighted by atomic mass is 9.79. The molecule has 1 unspecified atom stereocenters. The van der Waals surface area contributed by atoms with Gasteiger partial charge in [0, 0.05) is 23.4 Å². The van der Waals surface area contributed by atoms with Crippen molar-refractivity contribution in [1.29, 1.82) is 10.7 Å². The minimum absolute atomic E-state index is 0.0168. The first kappa shape index (κ1) is 17.9. The van der Waals surface area contributed by atoms with E-state index in [9.17, 15) is 25.3 Å². The number of aliphatic hydroxyl groups excluding tert-OH is 1. The molecule has 1 aromatic carbocycles. The van der Waals surface area contributed by atoms with Crippen LogP contribution in [-0.2, 0) is 9.53 Å². The molecule has 0 saturated carbocycles. The maximum absolute atomic E-state index is 12.4. The van der Waals surface area contributed by atoms with E-state index in [0.29, 0.717) is 5.69 Å². The topological polar surface area (TPSA) is 141 Å². The van der Waals surface area contributed by atoms with Gasteiger partial charge in [-0.1, -0.05) is 0 Å². The fourth-order valence-corrected chi connectivity index (χ4v) is 3.37. The first-order chi connectivity index (χ1) is 12.7. The third kappa shape index (κ3) is 2.46. The predicted octanol–water partition coefficient (Wildman–Crippen LogP) is 2.53. The number of methoxy groups -OCH3 is 1. The Labute approximate surface area is 153 Å². The third-order valence-electron chi connectivity index (χ3n) is 4.65. The van der Waals surface area contributed by atoms with Gasteiger partial charge in [0.15, 0.2) is 0 Å². The van der Waals surface area contributed by atoms with Crippen LogP contribution in [0.4, 0.5) is 11.4 Å². The number of hydrogen-bond donors (Lipinski definition) is 2. The number of nitrogens with zero attached hydrogens (tertiary/aromatic N) is 3. The molecule has 1 atom stereocenters. The van der Waals surface area contributed by atoms with Crippen molar-refractivity contribution >= 4 is 23.2 Å². The lowest BCUT2D eigenvalue weighted by Gasteiger charge is -2.40. The molecular weight excluding hydrogens is 352 g/mol. The number of nitro benzene ring substituents is 1. The number of allylic oxidation sites excluding steroid dienone is 1. The monoisotopic (exact) mass is 366 g/mol. The van der Waals surface area contributed by atoms with Crippen molar-refractivity contribution in [3.63, 3.8) is 0 Å². The number of nitro groups is 1. The van der Waals surface area contributed by atoms with Crippen LogP contribution in [0.1, 0.15) is 6.92 Å². The molecule has 0 spiro atoms. The predicted molar refractivity (Wildman–Crippen MR) is 95.2 cm³/mol. The van der Waals surface area contributed by atoms with E-state index in [2.05, 4.69) is 0 Å². The SMILES string of the molecule is COC(=O)C1=CC(O)=CC2=C(C#N)C(=N)N(c3ccc([N+](=O)[O-])cc3)C12C. The molecule has 9 heteroatoms. The van der Waals surface area contributed by atoms with Crippen LogP contribution >= 0.6 is 0 Å². The number of esters is 1. The Hall–Kier alpha value is -3.93. The van der Waals surface area contributed by atoms with Gasteiger partial charge in [0.2, 0.25) is 0 Å². The van der Waals surface area contributed by atoms with Gasteiger partial charge in [-0.05, 0) is 31.2 Å². The fraction of sp³-hybridized carbons (Fsp3) is 0.167. The highest BCUT2D eigenvalue weighted by Gasteiger charge is 2.53. The van der Waals surface area contributed by atoms with Crippen molar-refractivity contribution in [1.82, 2.24) is 0 Å². The zero-order chi connectivity index (χ0) is 19.9. The van der Waals surface area contributed by atoms with Gasteiger partial charge in [-0.3, -0.25) is 15.5 Å². The van der Waals surface area contributed by atoms with Crippen LogP contribution in [0.3, 0.4) is 0 Å². The second-order valence-electron chi connectivity index (χ2n) is 6.05. The van der Waals surface area contributed by atoms with Crippen LogP contribution in [0, 0.1) is 26.9 Å². The molecule has 0 saturated heterocycles. The van der Waals surface area contributed by atoms with Crippen molar-refractivity contribution in [2.45, 2.75) is 12.5 Å². The van der Waals surface area contributed by atoms with Crippen LogP contribution < -0.4 is 4.90 Å². The fourth-order valence-electron chi connectivity index (χ4n) is 3.37. The Bertz CT molecular complexity index is 1010. The number of anilines is 1. The first-order valence-corrected chi connectivity index (χ1v) is 7.75. The van der Waals surface area contributed by atoms with E-state index in [4.69, 9.17) is 10.1 Å². The summed E-state index contributed by atoms with van der Waals surface area (Å²) in [5, 5.41) is 38.9. The number of non-ortho nitro benzene ring substituents is 1. The molecule has 1 aromatic rings. The van der Waals surface area contributed by atoms with E-state index in [-0.39, 0.29) is 34.0 Å². The van der Waals surface area contributed by atoms with Gasteiger partial charge in [-0.25, -0.2) is 4.79 Å². The minimum atomic E-state index is -1.29. The summed E-state index contributed by atoms with van der Waals surface area (Å²) in [6, 6.07) is 7.35. The highest BCUT2D eigenvalue weighted by Crippen LogP contribution is 2.47. The number of rotatable bonds is 3. The van der Waals surface area contributed by atoms with E-state index < -0.39 is 16.4 Å². The molecule has 0 fully saturated rings. The zero-order valence-electron chi connectivity index (χ0n) is 14.4. The molecule has 27 heavy (non-hydrogen) atoms. The van der Waals surface area contributed by atoms with Crippen molar-refractivity contribution in [2.75, 3.05) is 12.0 Å². The minimum Gasteiger partial charge on any atom is -0.508 e. The van der Waals surface area contributed by atoms with Crippen LogP contribution in [0.15, 0.2) is 58.9 Å². The summed E-state index contributed by atoms with van der Waals surface area (Å²) in [6.45, 7) is 1.62. The average molecular weight is 366 g/mol. The Kier molecular flexibility index (Phi) is 4.04. The molecule has 0 bridgehead atoms. The summed E-state index contributed by atoms with van der Waals surface area (Å²) in [6.07, 6.45) is 2.55. The largest absolute Gasteiger partial charge is 0.508 e. The number of hydrogen-bond acceptors (Lipinski definition) is 7. The molecular formula is C18H14N4O5. The lowest BCUT2D eigenvalue weighted by Crippen LogP contribution is -2.50. The van der Waals surface area contributed by atoms with E-state index in [1.807, 2.05) is 6.07 Å². The summed E-state index contributed by atoms with van der Waals surface area (Å²) < 4.78 is 4.81. The number of nitriles is 1. The highest BCUT2D eigenvalue weighted by molar-refractivity contribution is 6.18. The Morgan fingerprint density at radius 3 is 2.52 bits per heavy atom. The van der Waals surface area contributed by atoms with E-state index in [0.717, 1.165) is 0 Å². The number of nitrogens with one attached hydrogen (secondary N) is 1. The molecule has 1 heterocycles. The van der Waals surface area contributed by atoms with Crippen LogP contribution in [0.5, 0.6) is 0 Å². The molecule has 2 N–H and O–H groups in total. The van der Waals surface area contributed by atoms with E-state index >= 15 is 0 Å². The van der Waals surface area contributed by atoms with Crippen LogP contribution in [-0.4, -0.2) is 34.5 Å². The van der Waals surface area contributed by atoms with Gasteiger partial charge >= 0.3 is 5.97 Å². The quantitative estimate of drug-likeness (QED) is 0.475. The Morgan fingerprint density at radius 2 is 2.00 bits per heavy atom. The summed E-state index contributed by atoms with van der Waals surface area (Å²) in [4.78, 5) is 24.1. The number of fused-ring (bicyclic) bond motifs is 1. The summed E-state index contributed by atoms with van der Waals surface area (Å²) >= 11 is 0. The molecule has 9 nitrogen and oxygen atoms in total. The van der Waals surface area contributed by atoms with Crippen molar-refractivity contribution in [3.8, 4) is 6.07 Å². The molecule has 0 amide bonds. The van der Waals surface area contributed by atoms with Gasteiger partial charge < -0.3 is 14.7 Å². The highest BCUT2D eigenvalue weighted by atomic mass is 16.6. The van der Waals surface area contributed by atoms with Crippen LogP contribution in [0.25, 0.3) is 0 Å². The Balaban J connectivity index is 2.23. The second kappa shape index (κ2) is 6.10. The smallest absolute Gasteiger partial charge is 0.336 e. The van der Waals surface area contributed by atoms with E-state index in [1.54, 1.807) is 6.92 Å². The summed E-state index contributed by atoms with van der Waals surface area (Å²) in [7, 11) is 1.19. The maximum Gasteiger partial charge on any atom is 0.336 e. The molecule has 2 aliphatic rings. The van der Waals surface area contributed by atoms with E-state index in [1.165, 1.54) is 48.4 Å². The van der Waals surface area contributed by atoms with Gasteiger partial charge in [0.05, 0.1) is 17.6 Å². The number of ether oxygens (including phenoxy) is 1. The standard InChI is InChI=1S/C18H14N4O5/c1-18-14(7-12(23)8-15(18)17(24)27-2)13(9-19)16(20)21(18)10-3-5-11(6-4-10)22(25)26/h3-8,20,23H,1-2H3. The van der Waals surface area contributed by atoms with Gasteiger partial charge in [-0.2, -0.15) is 5.26 Å². The number of aliphatic hydroxyl groups is 1. The molecule has 3 rings (SSSR count). The molecule has 136 valence electrons. The van der Waals surface area contributed by atoms with Crippen molar-refractivity contribution in [2.24, 2.45) is 0 Å². The van der Waals surface area contributed by atoms with Gasteiger partial charge in [0.25, 0.3) is 5.69 Å². The number of carbonyl (C=O) groups excluding carboxylic acids is 1. The molecule has 1 aliphatic heterocycles.